The maximum absolute atomic E-state index is 3.50. The van der Waals surface area contributed by atoms with Gasteiger partial charge in [0.15, 0.2) is 0 Å². The number of thioether (sulfide) groups is 1. The van der Waals surface area contributed by atoms with E-state index in [1.54, 1.807) is 0 Å². The van der Waals surface area contributed by atoms with Crippen LogP contribution in [0.2, 0.25) is 0 Å². The Balaban J connectivity index is 2.10. The predicted molar refractivity (Wildman–Crippen MR) is 73.1 cm³/mol. The minimum Gasteiger partial charge on any atom is -0.312 e. The quantitative estimate of drug-likeness (QED) is 0.734. The van der Waals surface area contributed by atoms with Crippen molar-refractivity contribution in [3.63, 3.8) is 0 Å². The van der Waals surface area contributed by atoms with E-state index in [4.69, 9.17) is 0 Å². The van der Waals surface area contributed by atoms with Gasteiger partial charge in [0.25, 0.3) is 0 Å². The molecular weight excluding hydrogens is 222 g/mol. The summed E-state index contributed by atoms with van der Waals surface area (Å²) in [6, 6.07) is 2.30. The van der Waals surface area contributed by atoms with Crippen LogP contribution in [0.5, 0.6) is 0 Å². The second kappa shape index (κ2) is 7.31. The van der Waals surface area contributed by atoms with Crippen molar-refractivity contribution in [2.75, 3.05) is 18.6 Å². The normalized spacial score (nSPS) is 10.9. The molecule has 0 fully saturated rings. The molecule has 1 heterocycles. The Bertz CT molecular complexity index is 262. The first-order valence-electron chi connectivity index (χ1n) is 5.49. The highest BCUT2D eigenvalue weighted by Crippen LogP contribution is 2.20. The Morgan fingerprint density at radius 3 is 2.73 bits per heavy atom. The molecule has 0 atom stereocenters. The van der Waals surface area contributed by atoms with Crippen LogP contribution in [-0.4, -0.2) is 18.6 Å². The lowest BCUT2D eigenvalue weighted by atomic mass is 10.3. The van der Waals surface area contributed by atoms with Crippen molar-refractivity contribution in [2.24, 2.45) is 0 Å². The molecule has 1 nitrogen and oxygen atoms in total. The van der Waals surface area contributed by atoms with Gasteiger partial charge in [0, 0.05) is 16.3 Å². The second-order valence-electron chi connectivity index (χ2n) is 3.83. The molecule has 0 aromatic carbocycles. The van der Waals surface area contributed by atoms with E-state index in [-0.39, 0.29) is 0 Å². The van der Waals surface area contributed by atoms with Crippen LogP contribution in [0.3, 0.4) is 0 Å². The Kier molecular flexibility index (Phi) is 6.37. The van der Waals surface area contributed by atoms with E-state index in [9.17, 15) is 0 Å². The molecule has 1 aromatic rings. The van der Waals surface area contributed by atoms with Gasteiger partial charge in [-0.3, -0.25) is 0 Å². The van der Waals surface area contributed by atoms with E-state index >= 15 is 0 Å². The molecule has 1 aromatic heterocycles. The molecule has 0 aliphatic carbocycles. The van der Waals surface area contributed by atoms with Crippen LogP contribution in [0.4, 0.5) is 0 Å². The molecule has 15 heavy (non-hydrogen) atoms. The standard InChI is InChI=1S/C12H21NS2/c1-10-8-12(15-11(10)2)9-13-6-4-5-7-14-3/h8,13H,4-7,9H2,1-3H3. The van der Waals surface area contributed by atoms with Crippen LogP contribution in [0, 0.1) is 13.8 Å². The summed E-state index contributed by atoms with van der Waals surface area (Å²) in [6.07, 6.45) is 4.80. The molecule has 0 saturated heterocycles. The van der Waals surface area contributed by atoms with E-state index in [0.717, 1.165) is 13.1 Å². The maximum atomic E-state index is 3.50. The lowest BCUT2D eigenvalue weighted by Crippen LogP contribution is -2.13. The first-order valence-corrected chi connectivity index (χ1v) is 7.70. The molecule has 1 rings (SSSR count). The van der Waals surface area contributed by atoms with Gasteiger partial charge in [0.2, 0.25) is 0 Å². The summed E-state index contributed by atoms with van der Waals surface area (Å²) in [5.74, 6) is 1.29. The molecule has 0 bridgehead atoms. The third kappa shape index (κ3) is 5.05. The molecular formula is C12H21NS2. The van der Waals surface area contributed by atoms with Gasteiger partial charge in [-0.25, -0.2) is 0 Å². The fourth-order valence-corrected chi connectivity index (χ4v) is 2.96. The van der Waals surface area contributed by atoms with E-state index in [1.807, 2.05) is 23.1 Å². The number of thiophene rings is 1. The van der Waals surface area contributed by atoms with Gasteiger partial charge in [-0.2, -0.15) is 11.8 Å². The van der Waals surface area contributed by atoms with Gasteiger partial charge in [-0.15, -0.1) is 11.3 Å². The number of aryl methyl sites for hydroxylation is 2. The maximum Gasteiger partial charge on any atom is 0.0299 e. The molecule has 0 radical (unpaired) electrons. The SMILES string of the molecule is CSCCCCNCc1cc(C)c(C)s1. The number of rotatable bonds is 7. The average Bonchev–Trinajstić information content (AvgIpc) is 2.52. The molecule has 1 N–H and O–H groups in total. The lowest BCUT2D eigenvalue weighted by Gasteiger charge is -2.01. The summed E-state index contributed by atoms with van der Waals surface area (Å²) in [4.78, 5) is 2.92. The summed E-state index contributed by atoms with van der Waals surface area (Å²) in [7, 11) is 0. The molecule has 0 aliphatic heterocycles. The van der Waals surface area contributed by atoms with Gasteiger partial charge in [-0.1, -0.05) is 0 Å². The lowest BCUT2D eigenvalue weighted by molar-refractivity contribution is 0.648. The van der Waals surface area contributed by atoms with Crippen molar-refractivity contribution < 1.29 is 0 Å². The van der Waals surface area contributed by atoms with Crippen molar-refractivity contribution in [1.82, 2.24) is 5.32 Å². The van der Waals surface area contributed by atoms with E-state index in [0.29, 0.717) is 0 Å². The first kappa shape index (κ1) is 13.1. The minimum absolute atomic E-state index is 1.04. The van der Waals surface area contributed by atoms with Crippen molar-refractivity contribution in [2.45, 2.75) is 33.2 Å². The highest BCUT2D eigenvalue weighted by molar-refractivity contribution is 7.98. The van der Waals surface area contributed by atoms with Gasteiger partial charge >= 0.3 is 0 Å². The molecule has 0 unspecified atom stereocenters. The zero-order valence-electron chi connectivity index (χ0n) is 9.93. The minimum atomic E-state index is 1.04. The summed E-state index contributed by atoms with van der Waals surface area (Å²) < 4.78 is 0. The highest BCUT2D eigenvalue weighted by atomic mass is 32.2. The van der Waals surface area contributed by atoms with E-state index in [1.165, 1.54) is 33.9 Å². The Labute approximate surface area is 102 Å². The van der Waals surface area contributed by atoms with Crippen LogP contribution < -0.4 is 5.32 Å². The zero-order chi connectivity index (χ0) is 11.1. The van der Waals surface area contributed by atoms with Gasteiger partial charge < -0.3 is 5.32 Å². The zero-order valence-corrected chi connectivity index (χ0v) is 11.6. The summed E-state index contributed by atoms with van der Waals surface area (Å²) in [5, 5.41) is 3.50. The summed E-state index contributed by atoms with van der Waals surface area (Å²) >= 11 is 3.85. The molecule has 86 valence electrons. The Morgan fingerprint density at radius 1 is 1.33 bits per heavy atom. The monoisotopic (exact) mass is 243 g/mol. The second-order valence-corrected chi connectivity index (χ2v) is 6.16. The third-order valence-electron chi connectivity index (χ3n) is 2.47. The van der Waals surface area contributed by atoms with Crippen molar-refractivity contribution in [1.29, 1.82) is 0 Å². The van der Waals surface area contributed by atoms with Crippen LogP contribution in [0.25, 0.3) is 0 Å². The van der Waals surface area contributed by atoms with Crippen LogP contribution in [0.1, 0.15) is 28.2 Å². The molecule has 0 amide bonds. The van der Waals surface area contributed by atoms with E-state index < -0.39 is 0 Å². The number of unbranched alkanes of at least 4 members (excludes halogenated alkanes) is 1. The van der Waals surface area contributed by atoms with Crippen LogP contribution in [-0.2, 0) is 6.54 Å². The number of hydrogen-bond acceptors (Lipinski definition) is 3. The van der Waals surface area contributed by atoms with E-state index in [2.05, 4.69) is 31.5 Å². The summed E-state index contributed by atoms with van der Waals surface area (Å²) in [5.41, 5.74) is 1.43. The average molecular weight is 243 g/mol. The highest BCUT2D eigenvalue weighted by Gasteiger charge is 2.00. The molecule has 0 aliphatic rings. The van der Waals surface area contributed by atoms with Gasteiger partial charge in [0.05, 0.1) is 0 Å². The predicted octanol–water partition coefficient (Wildman–Crippen LogP) is 3.60. The largest absolute Gasteiger partial charge is 0.312 e. The van der Waals surface area contributed by atoms with Gasteiger partial charge in [0.1, 0.15) is 0 Å². The molecule has 0 saturated carbocycles. The first-order chi connectivity index (χ1) is 7.24. The number of hydrogen-bond donors (Lipinski definition) is 1. The smallest absolute Gasteiger partial charge is 0.0299 e. The van der Waals surface area contributed by atoms with Gasteiger partial charge in [-0.05, 0) is 56.9 Å². The Hall–Kier alpha value is 0.01000. The number of nitrogens with one attached hydrogen (secondary N) is 1. The molecule has 0 spiro atoms. The third-order valence-corrected chi connectivity index (χ3v) is 4.32. The fraction of sp³-hybridized carbons (Fsp3) is 0.667. The van der Waals surface area contributed by atoms with Crippen molar-refractivity contribution in [3.05, 3.63) is 21.4 Å². The van der Waals surface area contributed by atoms with Crippen LogP contribution in [0.15, 0.2) is 6.07 Å². The topological polar surface area (TPSA) is 12.0 Å². The summed E-state index contributed by atoms with van der Waals surface area (Å²) in [6.45, 7) is 6.57. The fourth-order valence-electron chi connectivity index (χ4n) is 1.44. The van der Waals surface area contributed by atoms with Crippen molar-refractivity contribution in [3.8, 4) is 0 Å². The van der Waals surface area contributed by atoms with Crippen LogP contribution >= 0.6 is 23.1 Å². The molecule has 3 heteroatoms. The Morgan fingerprint density at radius 2 is 2.13 bits per heavy atom. The van der Waals surface area contributed by atoms with Crippen molar-refractivity contribution >= 4 is 23.1 Å².